The summed E-state index contributed by atoms with van der Waals surface area (Å²) in [7, 11) is 0. The van der Waals surface area contributed by atoms with E-state index in [9.17, 15) is 0 Å². The monoisotopic (exact) mass is 239 g/mol. The minimum Gasteiger partial charge on any atom is -0.372 e. The number of allylic oxidation sites excluding steroid dienone is 1. The summed E-state index contributed by atoms with van der Waals surface area (Å²) in [5, 5.41) is 0. The molecular weight excluding hydrogens is 206 g/mol. The zero-order valence-electron chi connectivity index (χ0n) is 13.1. The van der Waals surface area contributed by atoms with Crippen molar-refractivity contribution in [3.8, 4) is 0 Å². The molecule has 17 heavy (non-hydrogen) atoms. The van der Waals surface area contributed by atoms with Crippen LogP contribution in [0.4, 0.5) is 0 Å². The zero-order valence-corrected chi connectivity index (χ0v) is 13.1. The minimum atomic E-state index is 0.332. The van der Waals surface area contributed by atoms with Gasteiger partial charge in [-0.25, -0.2) is 0 Å². The van der Waals surface area contributed by atoms with Gasteiger partial charge in [-0.05, 0) is 30.6 Å². The van der Waals surface area contributed by atoms with Crippen LogP contribution in [0.5, 0.6) is 0 Å². The Labute approximate surface area is 109 Å². The van der Waals surface area contributed by atoms with Crippen molar-refractivity contribution in [3.63, 3.8) is 0 Å². The second-order valence-electron chi connectivity index (χ2n) is 6.72. The van der Waals surface area contributed by atoms with Crippen LogP contribution in [0.25, 0.3) is 0 Å². The van der Waals surface area contributed by atoms with E-state index in [-0.39, 0.29) is 0 Å². The number of rotatable bonds is 7. The summed E-state index contributed by atoms with van der Waals surface area (Å²) >= 11 is 0. The Kier molecular flexibility index (Phi) is 6.89. The van der Waals surface area contributed by atoms with E-state index in [1.165, 1.54) is 18.5 Å². The third-order valence-electron chi connectivity index (χ3n) is 3.19. The van der Waals surface area contributed by atoms with Crippen molar-refractivity contribution in [1.29, 1.82) is 0 Å². The van der Waals surface area contributed by atoms with Gasteiger partial charge in [0, 0.05) is 18.3 Å². The van der Waals surface area contributed by atoms with Crippen LogP contribution in [-0.4, -0.2) is 17.5 Å². The topological polar surface area (TPSA) is 3.24 Å². The highest BCUT2D eigenvalue weighted by Crippen LogP contribution is 2.28. The molecule has 0 bridgehead atoms. The Hall–Kier alpha value is -0.460. The Morgan fingerprint density at radius 3 is 2.00 bits per heavy atom. The zero-order chi connectivity index (χ0) is 13.6. The maximum Gasteiger partial charge on any atom is 0.0307 e. The Morgan fingerprint density at radius 1 is 1.18 bits per heavy atom. The van der Waals surface area contributed by atoms with Crippen molar-refractivity contribution in [2.24, 2.45) is 11.3 Å². The molecule has 0 aromatic heterocycles. The number of hydrogen-bond acceptors (Lipinski definition) is 1. The van der Waals surface area contributed by atoms with Crippen LogP contribution >= 0.6 is 0 Å². The molecule has 0 aromatic carbocycles. The fraction of sp³-hybridized carbons (Fsp3) is 0.875. The van der Waals surface area contributed by atoms with Crippen LogP contribution in [-0.2, 0) is 0 Å². The van der Waals surface area contributed by atoms with Gasteiger partial charge in [0.1, 0.15) is 0 Å². The van der Waals surface area contributed by atoms with Crippen LogP contribution in [0.2, 0.25) is 0 Å². The highest BCUT2D eigenvalue weighted by atomic mass is 15.2. The summed E-state index contributed by atoms with van der Waals surface area (Å²) in [6, 6.07) is 0.643. The third kappa shape index (κ3) is 6.14. The normalized spacial score (nSPS) is 13.9. The molecule has 0 saturated carbocycles. The molecule has 1 unspecified atom stereocenters. The summed E-state index contributed by atoms with van der Waals surface area (Å²) < 4.78 is 0. The van der Waals surface area contributed by atoms with Gasteiger partial charge in [0.15, 0.2) is 0 Å². The second-order valence-corrected chi connectivity index (χ2v) is 6.72. The van der Waals surface area contributed by atoms with Crippen LogP contribution in [0.15, 0.2) is 12.3 Å². The van der Waals surface area contributed by atoms with E-state index < -0.39 is 0 Å². The quantitative estimate of drug-likeness (QED) is 0.598. The summed E-state index contributed by atoms with van der Waals surface area (Å²) in [6.45, 7) is 21.5. The lowest BCUT2D eigenvalue weighted by Gasteiger charge is -2.39. The van der Waals surface area contributed by atoms with Crippen molar-refractivity contribution < 1.29 is 0 Å². The first-order valence-electron chi connectivity index (χ1n) is 7.17. The van der Waals surface area contributed by atoms with E-state index in [1.54, 1.807) is 0 Å². The lowest BCUT2D eigenvalue weighted by molar-refractivity contribution is 0.177. The number of hydrogen-bond donors (Lipinski definition) is 0. The van der Waals surface area contributed by atoms with Gasteiger partial charge in [-0.3, -0.25) is 0 Å². The van der Waals surface area contributed by atoms with Gasteiger partial charge in [-0.1, -0.05) is 55.0 Å². The van der Waals surface area contributed by atoms with Gasteiger partial charge in [-0.15, -0.1) is 0 Å². The Balaban J connectivity index is 4.76. The van der Waals surface area contributed by atoms with Crippen molar-refractivity contribution in [2.75, 3.05) is 6.54 Å². The summed E-state index contributed by atoms with van der Waals surface area (Å²) in [6.07, 6.45) is 3.50. The number of nitrogens with zero attached hydrogens (tertiary/aromatic N) is 1. The fourth-order valence-corrected chi connectivity index (χ4v) is 2.56. The van der Waals surface area contributed by atoms with E-state index in [0.717, 1.165) is 13.0 Å². The van der Waals surface area contributed by atoms with Crippen LogP contribution < -0.4 is 0 Å². The SMILES string of the molecule is C=C(CC(C)(C)C)N(CCC)C(CC)C(C)C. The van der Waals surface area contributed by atoms with E-state index in [2.05, 4.69) is 59.9 Å². The first kappa shape index (κ1) is 16.5. The Morgan fingerprint density at radius 2 is 1.71 bits per heavy atom. The molecule has 0 aliphatic rings. The molecule has 0 aliphatic carbocycles. The van der Waals surface area contributed by atoms with E-state index >= 15 is 0 Å². The largest absolute Gasteiger partial charge is 0.372 e. The molecule has 1 atom stereocenters. The maximum atomic E-state index is 4.34. The first-order valence-corrected chi connectivity index (χ1v) is 7.17. The minimum absolute atomic E-state index is 0.332. The molecule has 0 spiro atoms. The molecule has 0 heterocycles. The van der Waals surface area contributed by atoms with Gasteiger partial charge >= 0.3 is 0 Å². The van der Waals surface area contributed by atoms with Crippen molar-refractivity contribution >= 4 is 0 Å². The van der Waals surface area contributed by atoms with Crippen LogP contribution in [0.3, 0.4) is 0 Å². The molecular formula is C16H33N. The molecule has 102 valence electrons. The first-order chi connectivity index (χ1) is 7.72. The lowest BCUT2D eigenvalue weighted by atomic mass is 9.89. The standard InChI is InChI=1S/C16H33N/c1-9-11-17(15(10-2)13(3)4)14(5)12-16(6,7)8/h13,15H,5,9-12H2,1-4,6-8H3. The highest BCUT2D eigenvalue weighted by Gasteiger charge is 2.23. The predicted octanol–water partition coefficient (Wildman–Crippen LogP) is 5.08. The molecule has 0 fully saturated rings. The molecule has 0 aliphatic heterocycles. The average molecular weight is 239 g/mol. The highest BCUT2D eigenvalue weighted by molar-refractivity contribution is 5.00. The molecule has 0 amide bonds. The van der Waals surface area contributed by atoms with Crippen molar-refractivity contribution in [1.82, 2.24) is 4.90 Å². The van der Waals surface area contributed by atoms with Gasteiger partial charge in [-0.2, -0.15) is 0 Å². The van der Waals surface area contributed by atoms with E-state index in [4.69, 9.17) is 0 Å². The summed E-state index contributed by atoms with van der Waals surface area (Å²) in [4.78, 5) is 2.55. The van der Waals surface area contributed by atoms with Gasteiger partial charge in [0.25, 0.3) is 0 Å². The van der Waals surface area contributed by atoms with Gasteiger partial charge in [0.2, 0.25) is 0 Å². The van der Waals surface area contributed by atoms with Crippen molar-refractivity contribution in [3.05, 3.63) is 12.3 Å². The van der Waals surface area contributed by atoms with Crippen molar-refractivity contribution in [2.45, 2.75) is 73.8 Å². The lowest BCUT2D eigenvalue weighted by Crippen LogP contribution is -2.39. The van der Waals surface area contributed by atoms with E-state index in [0.29, 0.717) is 17.4 Å². The molecule has 0 rings (SSSR count). The molecule has 0 aromatic rings. The third-order valence-corrected chi connectivity index (χ3v) is 3.19. The van der Waals surface area contributed by atoms with Gasteiger partial charge in [0.05, 0.1) is 0 Å². The molecule has 1 heteroatoms. The second kappa shape index (κ2) is 7.08. The average Bonchev–Trinajstić information content (AvgIpc) is 2.14. The molecule has 0 radical (unpaired) electrons. The molecule has 0 N–H and O–H groups in total. The fourth-order valence-electron chi connectivity index (χ4n) is 2.56. The molecule has 1 nitrogen and oxygen atoms in total. The Bertz CT molecular complexity index is 222. The molecule has 0 saturated heterocycles. The van der Waals surface area contributed by atoms with Gasteiger partial charge < -0.3 is 4.90 Å². The summed E-state index contributed by atoms with van der Waals surface area (Å²) in [5.74, 6) is 0.697. The smallest absolute Gasteiger partial charge is 0.0307 e. The van der Waals surface area contributed by atoms with Crippen LogP contribution in [0.1, 0.15) is 67.7 Å². The predicted molar refractivity (Wildman–Crippen MR) is 79.1 cm³/mol. The maximum absolute atomic E-state index is 4.34. The van der Waals surface area contributed by atoms with Crippen LogP contribution in [0, 0.1) is 11.3 Å². The summed E-state index contributed by atoms with van der Waals surface area (Å²) in [5.41, 5.74) is 1.65. The van der Waals surface area contributed by atoms with E-state index in [1.807, 2.05) is 0 Å².